The van der Waals surface area contributed by atoms with E-state index in [4.69, 9.17) is 0 Å². The molecule has 4 rings (SSSR count). The van der Waals surface area contributed by atoms with Crippen LogP contribution in [-0.4, -0.2) is 22.2 Å². The van der Waals surface area contributed by atoms with Gasteiger partial charge in [0.1, 0.15) is 0 Å². The number of carbonyl (C=O) groups excluding carboxylic acids is 1. The molecule has 5 unspecified atom stereocenters. The van der Waals surface area contributed by atoms with E-state index in [1.165, 1.54) is 25.7 Å². The van der Waals surface area contributed by atoms with Crippen molar-refractivity contribution in [2.45, 2.75) is 55.7 Å². The van der Waals surface area contributed by atoms with E-state index in [0.717, 1.165) is 27.6 Å². The molecule has 2 aliphatic carbocycles. The Labute approximate surface area is 154 Å². The maximum atomic E-state index is 12.7. The Bertz CT molecular complexity index is 772. The lowest BCUT2D eigenvalue weighted by Gasteiger charge is -2.29. The Balaban J connectivity index is 1.40. The van der Waals surface area contributed by atoms with Gasteiger partial charge in [0.2, 0.25) is 5.91 Å². The van der Waals surface area contributed by atoms with Crippen molar-refractivity contribution in [1.29, 1.82) is 0 Å². The predicted octanol–water partition coefficient (Wildman–Crippen LogP) is 4.66. The molecule has 0 saturated heterocycles. The lowest BCUT2D eigenvalue weighted by atomic mass is 9.84. The van der Waals surface area contributed by atoms with Gasteiger partial charge < -0.3 is 5.32 Å². The van der Waals surface area contributed by atoms with E-state index in [1.54, 1.807) is 11.8 Å². The summed E-state index contributed by atoms with van der Waals surface area (Å²) in [5, 5.41) is 4.32. The van der Waals surface area contributed by atoms with Crippen molar-refractivity contribution >= 4 is 28.6 Å². The third-order valence-electron chi connectivity index (χ3n) is 6.09. The van der Waals surface area contributed by atoms with E-state index in [1.807, 2.05) is 37.4 Å². The number of aromatic nitrogens is 1. The number of pyridine rings is 1. The van der Waals surface area contributed by atoms with E-state index in [0.29, 0.717) is 12.0 Å². The van der Waals surface area contributed by atoms with Crippen LogP contribution in [0.2, 0.25) is 0 Å². The van der Waals surface area contributed by atoms with E-state index in [-0.39, 0.29) is 11.2 Å². The number of para-hydroxylation sites is 1. The maximum absolute atomic E-state index is 12.7. The van der Waals surface area contributed by atoms with Crippen molar-refractivity contribution in [1.82, 2.24) is 10.3 Å². The maximum Gasteiger partial charge on any atom is 0.233 e. The zero-order valence-corrected chi connectivity index (χ0v) is 15.8. The van der Waals surface area contributed by atoms with Crippen LogP contribution in [0.3, 0.4) is 0 Å². The van der Waals surface area contributed by atoms with Crippen LogP contribution >= 0.6 is 11.8 Å². The molecule has 5 atom stereocenters. The second-order valence-electron chi connectivity index (χ2n) is 7.72. The lowest BCUT2D eigenvalue weighted by molar-refractivity contribution is -0.121. The summed E-state index contributed by atoms with van der Waals surface area (Å²) in [6.07, 6.45) is 7.29. The highest BCUT2D eigenvalue weighted by Crippen LogP contribution is 2.49. The molecule has 2 aromatic rings. The number of hydrogen-bond acceptors (Lipinski definition) is 3. The van der Waals surface area contributed by atoms with Crippen LogP contribution in [0.4, 0.5) is 0 Å². The largest absolute Gasteiger partial charge is 0.352 e. The van der Waals surface area contributed by atoms with Crippen LogP contribution in [0.25, 0.3) is 10.9 Å². The zero-order chi connectivity index (χ0) is 17.4. The molecular weight excluding hydrogens is 328 g/mol. The molecule has 0 radical (unpaired) electrons. The van der Waals surface area contributed by atoms with Crippen LogP contribution in [0.5, 0.6) is 0 Å². The molecular formula is C21H26N2OS. The first-order valence-electron chi connectivity index (χ1n) is 9.42. The number of nitrogens with zero attached hydrogens (tertiary/aromatic N) is 1. The van der Waals surface area contributed by atoms with Crippen molar-refractivity contribution in [3.63, 3.8) is 0 Å². The van der Waals surface area contributed by atoms with Gasteiger partial charge in [0.15, 0.2) is 0 Å². The molecule has 3 nitrogen and oxygen atoms in total. The molecule has 1 aromatic heterocycles. The van der Waals surface area contributed by atoms with Crippen LogP contribution in [0.15, 0.2) is 41.4 Å². The summed E-state index contributed by atoms with van der Waals surface area (Å²) in [7, 11) is 0. The fourth-order valence-corrected chi connectivity index (χ4v) is 5.77. The molecule has 1 amide bonds. The molecule has 0 aliphatic heterocycles. The Hall–Kier alpha value is -1.55. The summed E-state index contributed by atoms with van der Waals surface area (Å²) < 4.78 is 0. The minimum absolute atomic E-state index is 0.105. The fraction of sp³-hybridized carbons (Fsp3) is 0.524. The number of hydrogen-bond donors (Lipinski definition) is 1. The molecule has 0 spiro atoms. The molecule has 2 fully saturated rings. The first kappa shape index (κ1) is 16.9. The number of fused-ring (bicyclic) bond motifs is 3. The smallest absolute Gasteiger partial charge is 0.233 e. The first-order valence-corrected chi connectivity index (χ1v) is 10.3. The van der Waals surface area contributed by atoms with Crippen molar-refractivity contribution in [2.24, 2.45) is 17.8 Å². The molecule has 132 valence electrons. The molecule has 2 saturated carbocycles. The van der Waals surface area contributed by atoms with E-state index >= 15 is 0 Å². The standard InChI is InChI=1S/C21H26N2OS/c1-13(18-12-15-7-8-16(18)11-15)23-21(24)14(2)25-20-9-10-22-19-6-4-3-5-17(19)20/h3-6,9-10,13-16,18H,7-8,11-12H2,1-2H3,(H,23,24). The van der Waals surface area contributed by atoms with Crippen molar-refractivity contribution < 1.29 is 4.79 Å². The van der Waals surface area contributed by atoms with Gasteiger partial charge >= 0.3 is 0 Å². The number of nitrogens with one attached hydrogen (secondary N) is 1. The number of carbonyl (C=O) groups is 1. The van der Waals surface area contributed by atoms with Crippen LogP contribution in [0.1, 0.15) is 39.5 Å². The summed E-state index contributed by atoms with van der Waals surface area (Å²) in [5.41, 5.74) is 0.982. The Morgan fingerprint density at radius 1 is 1.20 bits per heavy atom. The average Bonchev–Trinajstić information content (AvgIpc) is 3.25. The summed E-state index contributed by atoms with van der Waals surface area (Å²) in [5.74, 6) is 2.60. The van der Waals surface area contributed by atoms with E-state index in [2.05, 4.69) is 23.3 Å². The first-order chi connectivity index (χ1) is 12.1. The third-order valence-corrected chi connectivity index (χ3v) is 7.26. The zero-order valence-electron chi connectivity index (χ0n) is 14.9. The second kappa shape index (κ2) is 6.99. The van der Waals surface area contributed by atoms with Gasteiger partial charge in [-0.2, -0.15) is 0 Å². The number of rotatable bonds is 5. The lowest BCUT2D eigenvalue weighted by Crippen LogP contribution is -2.43. The highest BCUT2D eigenvalue weighted by atomic mass is 32.2. The quantitative estimate of drug-likeness (QED) is 0.794. The van der Waals surface area contributed by atoms with Gasteiger partial charge in [-0.3, -0.25) is 9.78 Å². The van der Waals surface area contributed by atoms with E-state index < -0.39 is 0 Å². The van der Waals surface area contributed by atoms with Gasteiger partial charge in [-0.25, -0.2) is 0 Å². The fourth-order valence-electron chi connectivity index (χ4n) is 4.77. The minimum atomic E-state index is -0.105. The van der Waals surface area contributed by atoms with Crippen molar-refractivity contribution in [2.75, 3.05) is 0 Å². The van der Waals surface area contributed by atoms with Gasteiger partial charge in [0, 0.05) is 22.5 Å². The van der Waals surface area contributed by atoms with E-state index in [9.17, 15) is 4.79 Å². The summed E-state index contributed by atoms with van der Waals surface area (Å²) >= 11 is 1.63. The Morgan fingerprint density at radius 3 is 2.80 bits per heavy atom. The molecule has 4 heteroatoms. The van der Waals surface area contributed by atoms with Gasteiger partial charge in [-0.1, -0.05) is 24.6 Å². The van der Waals surface area contributed by atoms with Gasteiger partial charge in [-0.05, 0) is 63.0 Å². The molecule has 1 aromatic carbocycles. The van der Waals surface area contributed by atoms with Crippen LogP contribution < -0.4 is 5.32 Å². The number of benzene rings is 1. The topological polar surface area (TPSA) is 42.0 Å². The number of thioether (sulfide) groups is 1. The van der Waals surface area contributed by atoms with Crippen molar-refractivity contribution in [3.8, 4) is 0 Å². The van der Waals surface area contributed by atoms with Crippen LogP contribution in [0, 0.1) is 17.8 Å². The van der Waals surface area contributed by atoms with Gasteiger partial charge in [-0.15, -0.1) is 11.8 Å². The second-order valence-corrected chi connectivity index (χ2v) is 9.10. The molecule has 1 N–H and O–H groups in total. The molecule has 25 heavy (non-hydrogen) atoms. The van der Waals surface area contributed by atoms with Crippen molar-refractivity contribution in [3.05, 3.63) is 36.5 Å². The molecule has 2 bridgehead atoms. The Kier molecular flexibility index (Phi) is 4.72. The minimum Gasteiger partial charge on any atom is -0.352 e. The van der Waals surface area contributed by atoms with Crippen LogP contribution in [-0.2, 0) is 4.79 Å². The monoisotopic (exact) mass is 354 g/mol. The Morgan fingerprint density at radius 2 is 2.04 bits per heavy atom. The highest BCUT2D eigenvalue weighted by Gasteiger charge is 2.42. The highest BCUT2D eigenvalue weighted by molar-refractivity contribution is 8.00. The summed E-state index contributed by atoms with van der Waals surface area (Å²) in [6, 6.07) is 10.4. The van der Waals surface area contributed by atoms with Gasteiger partial charge in [0.05, 0.1) is 10.8 Å². The summed E-state index contributed by atoms with van der Waals surface area (Å²) in [6.45, 7) is 4.20. The molecule has 2 aliphatic rings. The third kappa shape index (κ3) is 3.41. The van der Waals surface area contributed by atoms with Gasteiger partial charge in [0.25, 0.3) is 0 Å². The molecule has 1 heterocycles. The summed E-state index contributed by atoms with van der Waals surface area (Å²) in [4.78, 5) is 18.2. The average molecular weight is 355 g/mol. The normalized spacial score (nSPS) is 27.4. The SMILES string of the molecule is CC(Sc1ccnc2ccccc12)C(=O)NC(C)C1CC2CCC1C2. The number of amides is 1. The predicted molar refractivity (Wildman–Crippen MR) is 104 cm³/mol.